The first kappa shape index (κ1) is 21.2. The molecule has 0 bridgehead atoms. The summed E-state index contributed by atoms with van der Waals surface area (Å²) in [5, 5.41) is 20.0. The van der Waals surface area contributed by atoms with E-state index in [2.05, 4.69) is 0 Å². The fourth-order valence-electron chi connectivity index (χ4n) is 1.67. The lowest BCUT2D eigenvalue weighted by atomic mass is 10.1. The van der Waals surface area contributed by atoms with E-state index in [-0.39, 0.29) is 22.2 Å². The number of nitro groups is 1. The van der Waals surface area contributed by atoms with Crippen molar-refractivity contribution in [1.82, 2.24) is 0 Å². The molecule has 1 aromatic rings. The molecule has 11 heteroatoms. The summed E-state index contributed by atoms with van der Waals surface area (Å²) in [5.74, 6) is 0.492. The van der Waals surface area contributed by atoms with Crippen molar-refractivity contribution in [2.45, 2.75) is 26.4 Å². The van der Waals surface area contributed by atoms with Crippen molar-refractivity contribution >= 4 is 47.1 Å². The highest BCUT2D eigenvalue weighted by atomic mass is 35.5. The van der Waals surface area contributed by atoms with E-state index in [1.165, 1.54) is 6.07 Å². The number of hydrogen-bond acceptors (Lipinski definition) is 7. The molecule has 0 aliphatic heterocycles. The minimum absolute atomic E-state index is 0.000639. The second kappa shape index (κ2) is 9.62. The summed E-state index contributed by atoms with van der Waals surface area (Å²) >= 11 is 13.0. The summed E-state index contributed by atoms with van der Waals surface area (Å²) in [4.78, 5) is 10.3. The Morgan fingerprint density at radius 1 is 1.46 bits per heavy atom. The smallest absolute Gasteiger partial charge is 0.301 e. The maximum absolute atomic E-state index is 12.7. The maximum Gasteiger partial charge on any atom is 0.390 e. The first-order valence-electron chi connectivity index (χ1n) is 6.89. The number of hydrogen-bond donors (Lipinski definition) is 0. The molecule has 1 aromatic carbocycles. The molecule has 0 aromatic heterocycles. The Labute approximate surface area is 153 Å². The van der Waals surface area contributed by atoms with Crippen LogP contribution in [0, 0.1) is 21.4 Å². The summed E-state index contributed by atoms with van der Waals surface area (Å²) < 4.78 is 23.2. The van der Waals surface area contributed by atoms with Crippen LogP contribution < -0.4 is 0 Å². The van der Waals surface area contributed by atoms with Crippen LogP contribution in [0.5, 0.6) is 0 Å². The average Bonchev–Trinajstić information content (AvgIpc) is 2.52. The van der Waals surface area contributed by atoms with Gasteiger partial charge in [0, 0.05) is 22.4 Å². The lowest BCUT2D eigenvalue weighted by molar-refractivity contribution is -0.384. The van der Waals surface area contributed by atoms with Crippen molar-refractivity contribution in [3.05, 3.63) is 37.9 Å². The fourth-order valence-corrected chi connectivity index (χ4v) is 5.83. The second-order valence-electron chi connectivity index (χ2n) is 4.36. The zero-order chi connectivity index (χ0) is 18.3. The largest absolute Gasteiger partial charge is 0.390 e. The minimum atomic E-state index is -3.65. The molecule has 7 nitrogen and oxygen atoms in total. The highest BCUT2D eigenvalue weighted by Crippen LogP contribution is 2.63. The highest BCUT2D eigenvalue weighted by Gasteiger charge is 2.34. The summed E-state index contributed by atoms with van der Waals surface area (Å²) in [6, 6.07) is 4.13. The molecule has 0 spiro atoms. The van der Waals surface area contributed by atoms with Gasteiger partial charge in [0.1, 0.15) is 5.02 Å². The van der Waals surface area contributed by atoms with E-state index in [0.717, 1.165) is 23.9 Å². The molecule has 0 fully saturated rings. The minimum Gasteiger partial charge on any atom is -0.301 e. The van der Waals surface area contributed by atoms with Crippen LogP contribution in [-0.4, -0.2) is 17.3 Å². The number of nitro benzene ring substituents is 1. The van der Waals surface area contributed by atoms with E-state index >= 15 is 0 Å². The van der Waals surface area contributed by atoms with E-state index in [1.807, 2.05) is 6.92 Å². The van der Waals surface area contributed by atoms with Crippen LogP contribution in [0.25, 0.3) is 0 Å². The standard InChI is InChI=1S/C13H15Cl2N2O5PS/c1-3-7-24-23(20,21-4-2)22-11(8-16)12-9(14)5-6-10(13(12)15)17(18)19/h5-6,11H,3-4,7H2,1-2H3. The van der Waals surface area contributed by atoms with Gasteiger partial charge in [-0.15, -0.1) is 0 Å². The van der Waals surface area contributed by atoms with Gasteiger partial charge < -0.3 is 4.52 Å². The van der Waals surface area contributed by atoms with Crippen LogP contribution in [0.1, 0.15) is 31.9 Å². The van der Waals surface area contributed by atoms with Crippen molar-refractivity contribution in [2.24, 2.45) is 0 Å². The van der Waals surface area contributed by atoms with E-state index in [1.54, 1.807) is 13.0 Å². The predicted octanol–water partition coefficient (Wildman–Crippen LogP) is 5.77. The Morgan fingerprint density at radius 3 is 2.62 bits per heavy atom. The van der Waals surface area contributed by atoms with Gasteiger partial charge in [-0.2, -0.15) is 5.26 Å². The van der Waals surface area contributed by atoms with Gasteiger partial charge in [-0.3, -0.25) is 14.6 Å². The molecule has 1 rings (SSSR count). The topological polar surface area (TPSA) is 102 Å². The number of benzene rings is 1. The van der Waals surface area contributed by atoms with Crippen molar-refractivity contribution < 1.29 is 18.5 Å². The van der Waals surface area contributed by atoms with Gasteiger partial charge in [0.2, 0.25) is 0 Å². The second-order valence-corrected chi connectivity index (χ2v) is 9.30. The molecule has 132 valence electrons. The van der Waals surface area contributed by atoms with Gasteiger partial charge in [0.15, 0.2) is 6.10 Å². The molecule has 0 heterocycles. The lowest BCUT2D eigenvalue weighted by Gasteiger charge is -2.21. The van der Waals surface area contributed by atoms with Gasteiger partial charge >= 0.3 is 6.80 Å². The van der Waals surface area contributed by atoms with Crippen LogP contribution in [0.3, 0.4) is 0 Å². The molecule has 0 amide bonds. The third-order valence-corrected chi connectivity index (χ3v) is 7.41. The van der Waals surface area contributed by atoms with Crippen LogP contribution in [-0.2, 0) is 13.6 Å². The van der Waals surface area contributed by atoms with Crippen LogP contribution in [0.15, 0.2) is 12.1 Å². The van der Waals surface area contributed by atoms with Gasteiger partial charge in [-0.05, 0) is 30.8 Å². The Balaban J connectivity index is 3.27. The number of nitriles is 1. The molecular weight excluding hydrogens is 398 g/mol. The first-order chi connectivity index (χ1) is 11.3. The molecule has 0 aliphatic carbocycles. The highest BCUT2D eigenvalue weighted by molar-refractivity contribution is 8.55. The van der Waals surface area contributed by atoms with Crippen molar-refractivity contribution in [3.8, 4) is 6.07 Å². The Kier molecular flexibility index (Phi) is 8.51. The van der Waals surface area contributed by atoms with E-state index in [9.17, 15) is 19.9 Å². The maximum atomic E-state index is 12.7. The molecule has 0 saturated carbocycles. The Morgan fingerprint density at radius 2 is 2.12 bits per heavy atom. The molecule has 0 radical (unpaired) electrons. The average molecular weight is 413 g/mol. The monoisotopic (exact) mass is 412 g/mol. The first-order valence-corrected chi connectivity index (χ1v) is 10.8. The van der Waals surface area contributed by atoms with Gasteiger partial charge in [0.25, 0.3) is 5.69 Å². The quantitative estimate of drug-likeness (QED) is 0.288. The molecule has 24 heavy (non-hydrogen) atoms. The van der Waals surface area contributed by atoms with Gasteiger partial charge in [0.05, 0.1) is 17.6 Å². The van der Waals surface area contributed by atoms with Crippen molar-refractivity contribution in [2.75, 3.05) is 12.4 Å². The van der Waals surface area contributed by atoms with Gasteiger partial charge in [-0.1, -0.05) is 30.1 Å². The van der Waals surface area contributed by atoms with Crippen molar-refractivity contribution in [1.29, 1.82) is 5.26 Å². The number of rotatable bonds is 9. The van der Waals surface area contributed by atoms with Crippen LogP contribution >= 0.6 is 41.4 Å². The lowest BCUT2D eigenvalue weighted by Crippen LogP contribution is -2.05. The SMILES string of the molecule is CCCSP(=O)(OCC)OC(C#N)c1c(Cl)ccc([N+](=O)[O-])c1Cl. The predicted molar refractivity (Wildman–Crippen MR) is 94.5 cm³/mol. The normalized spacial score (nSPS) is 14.6. The van der Waals surface area contributed by atoms with Crippen LogP contribution in [0.4, 0.5) is 5.69 Å². The van der Waals surface area contributed by atoms with Gasteiger partial charge in [-0.25, -0.2) is 4.57 Å². The zero-order valence-corrected chi connectivity index (χ0v) is 16.1. The van der Waals surface area contributed by atoms with E-state index in [4.69, 9.17) is 32.2 Å². The number of nitrogens with zero attached hydrogens (tertiary/aromatic N) is 2. The molecule has 0 saturated heterocycles. The summed E-state index contributed by atoms with van der Waals surface area (Å²) in [7, 11) is 0. The molecule has 2 unspecified atom stereocenters. The molecular formula is C13H15Cl2N2O5PS. The van der Waals surface area contributed by atoms with Crippen LogP contribution in [0.2, 0.25) is 10.0 Å². The third-order valence-electron chi connectivity index (χ3n) is 2.66. The van der Waals surface area contributed by atoms with E-state index < -0.39 is 23.5 Å². The summed E-state index contributed by atoms with van der Waals surface area (Å²) in [5.41, 5.74) is -0.528. The Bertz CT molecular complexity index is 698. The summed E-state index contributed by atoms with van der Waals surface area (Å²) in [6.07, 6.45) is -0.743. The van der Waals surface area contributed by atoms with Crippen molar-refractivity contribution in [3.63, 3.8) is 0 Å². The number of halogens is 2. The Hall–Kier alpha value is -0.810. The molecule has 0 N–H and O–H groups in total. The van der Waals surface area contributed by atoms with E-state index in [0.29, 0.717) is 5.75 Å². The summed E-state index contributed by atoms with van der Waals surface area (Å²) in [6.45, 7) is -0.00747. The zero-order valence-electron chi connectivity index (χ0n) is 12.9. The molecule has 2 atom stereocenters. The molecule has 0 aliphatic rings. The fraction of sp³-hybridized carbons (Fsp3) is 0.462. The third kappa shape index (κ3) is 5.35.